The summed E-state index contributed by atoms with van der Waals surface area (Å²) in [6.45, 7) is 5.34. The summed E-state index contributed by atoms with van der Waals surface area (Å²) in [5.41, 5.74) is 5.36. The van der Waals surface area contributed by atoms with E-state index in [2.05, 4.69) is 18.7 Å². The first-order valence-electron chi connectivity index (χ1n) is 6.97. The Morgan fingerprint density at radius 1 is 1.30 bits per heavy atom. The largest absolute Gasteiger partial charge is 0.416 e. The first-order valence-corrected chi connectivity index (χ1v) is 6.97. The van der Waals surface area contributed by atoms with Crippen LogP contribution in [0.3, 0.4) is 0 Å². The highest BCUT2D eigenvalue weighted by Gasteiger charge is 2.35. The molecule has 0 unspecified atom stereocenters. The van der Waals surface area contributed by atoms with E-state index in [9.17, 15) is 13.2 Å². The number of nitrogens with two attached hydrogens (primary N) is 1. The molecule has 1 aliphatic rings. The van der Waals surface area contributed by atoms with E-state index < -0.39 is 11.7 Å². The van der Waals surface area contributed by atoms with Crippen molar-refractivity contribution in [2.75, 3.05) is 12.3 Å². The van der Waals surface area contributed by atoms with Crippen LogP contribution in [0, 0.1) is 5.92 Å². The second-order valence-corrected chi connectivity index (χ2v) is 5.97. The molecule has 1 aliphatic carbocycles. The van der Waals surface area contributed by atoms with Gasteiger partial charge >= 0.3 is 6.18 Å². The van der Waals surface area contributed by atoms with Crippen molar-refractivity contribution in [3.8, 4) is 0 Å². The van der Waals surface area contributed by atoms with Crippen LogP contribution in [0.15, 0.2) is 18.2 Å². The van der Waals surface area contributed by atoms with Crippen molar-refractivity contribution in [1.82, 2.24) is 4.90 Å². The molecule has 112 valence electrons. The SMILES string of the molecule is CC(C)CN(Cc1ccc(N)cc1C(F)(F)F)C1CC1. The summed E-state index contributed by atoms with van der Waals surface area (Å²) in [4.78, 5) is 2.16. The summed E-state index contributed by atoms with van der Waals surface area (Å²) in [5, 5.41) is 0. The van der Waals surface area contributed by atoms with E-state index in [-0.39, 0.29) is 5.69 Å². The summed E-state index contributed by atoms with van der Waals surface area (Å²) in [6.07, 6.45) is -2.18. The third-order valence-electron chi connectivity index (χ3n) is 3.48. The van der Waals surface area contributed by atoms with Gasteiger partial charge in [-0.25, -0.2) is 0 Å². The van der Waals surface area contributed by atoms with Crippen LogP contribution in [0.1, 0.15) is 37.8 Å². The van der Waals surface area contributed by atoms with Crippen molar-refractivity contribution in [2.24, 2.45) is 5.92 Å². The van der Waals surface area contributed by atoms with E-state index in [0.717, 1.165) is 25.5 Å². The van der Waals surface area contributed by atoms with E-state index in [1.54, 1.807) is 6.07 Å². The second kappa shape index (κ2) is 5.64. The molecule has 0 amide bonds. The average Bonchev–Trinajstić information content (AvgIpc) is 3.12. The van der Waals surface area contributed by atoms with Gasteiger partial charge in [0.25, 0.3) is 0 Å². The number of nitrogens with zero attached hydrogens (tertiary/aromatic N) is 1. The van der Waals surface area contributed by atoms with E-state index in [0.29, 0.717) is 24.1 Å². The predicted octanol–water partition coefficient (Wildman–Crippen LogP) is 3.91. The van der Waals surface area contributed by atoms with Gasteiger partial charge in [-0.05, 0) is 36.5 Å². The highest BCUT2D eigenvalue weighted by atomic mass is 19.4. The van der Waals surface area contributed by atoms with Gasteiger partial charge in [0.1, 0.15) is 0 Å². The Morgan fingerprint density at radius 2 is 1.95 bits per heavy atom. The molecule has 1 aromatic carbocycles. The molecule has 0 spiro atoms. The molecule has 5 heteroatoms. The van der Waals surface area contributed by atoms with Gasteiger partial charge in [0.05, 0.1) is 5.56 Å². The van der Waals surface area contributed by atoms with Gasteiger partial charge < -0.3 is 5.73 Å². The molecule has 0 bridgehead atoms. The number of benzene rings is 1. The minimum atomic E-state index is -4.35. The molecule has 0 aliphatic heterocycles. The number of alkyl halides is 3. The van der Waals surface area contributed by atoms with Crippen LogP contribution in [-0.4, -0.2) is 17.5 Å². The molecule has 2 N–H and O–H groups in total. The quantitative estimate of drug-likeness (QED) is 0.832. The molecule has 0 atom stereocenters. The van der Waals surface area contributed by atoms with Crippen molar-refractivity contribution in [2.45, 2.75) is 45.5 Å². The van der Waals surface area contributed by atoms with E-state index >= 15 is 0 Å². The lowest BCUT2D eigenvalue weighted by molar-refractivity contribution is -0.138. The zero-order valence-corrected chi connectivity index (χ0v) is 11.9. The number of halogens is 3. The molecular formula is C15H21F3N2. The van der Waals surface area contributed by atoms with Crippen LogP contribution in [0.25, 0.3) is 0 Å². The standard InChI is InChI=1S/C15H21F3N2/c1-10(2)8-20(13-5-6-13)9-11-3-4-12(19)7-14(11)15(16,17)18/h3-4,7,10,13H,5-6,8-9,19H2,1-2H3. The van der Waals surface area contributed by atoms with Crippen LogP contribution in [-0.2, 0) is 12.7 Å². The van der Waals surface area contributed by atoms with Crippen LogP contribution in [0.5, 0.6) is 0 Å². The Bertz CT molecular complexity index is 465. The first-order chi connectivity index (χ1) is 9.27. The maximum absolute atomic E-state index is 13.1. The molecule has 1 aromatic rings. The van der Waals surface area contributed by atoms with Crippen molar-refractivity contribution in [3.05, 3.63) is 29.3 Å². The van der Waals surface area contributed by atoms with Gasteiger partial charge in [0.15, 0.2) is 0 Å². The van der Waals surface area contributed by atoms with Gasteiger partial charge in [0.2, 0.25) is 0 Å². The summed E-state index contributed by atoms with van der Waals surface area (Å²) < 4.78 is 39.3. The van der Waals surface area contributed by atoms with Gasteiger partial charge in [-0.1, -0.05) is 19.9 Å². The van der Waals surface area contributed by atoms with Crippen LogP contribution < -0.4 is 5.73 Å². The Kier molecular flexibility index (Phi) is 4.28. The number of nitrogen functional groups attached to an aromatic ring is 1. The number of hydrogen-bond donors (Lipinski definition) is 1. The van der Waals surface area contributed by atoms with E-state index in [4.69, 9.17) is 5.73 Å². The number of hydrogen-bond acceptors (Lipinski definition) is 2. The minimum absolute atomic E-state index is 0.155. The molecular weight excluding hydrogens is 265 g/mol. The highest BCUT2D eigenvalue weighted by Crippen LogP contribution is 2.36. The topological polar surface area (TPSA) is 29.3 Å². The van der Waals surface area contributed by atoms with Gasteiger partial charge in [-0.15, -0.1) is 0 Å². The fraction of sp³-hybridized carbons (Fsp3) is 0.600. The summed E-state index contributed by atoms with van der Waals surface area (Å²) in [5.74, 6) is 0.443. The van der Waals surface area contributed by atoms with Crippen molar-refractivity contribution in [3.63, 3.8) is 0 Å². The normalized spacial score (nSPS) is 16.1. The Hall–Kier alpha value is -1.23. The maximum atomic E-state index is 13.1. The van der Waals surface area contributed by atoms with Crippen molar-refractivity contribution < 1.29 is 13.2 Å². The molecule has 1 fully saturated rings. The lowest BCUT2D eigenvalue weighted by atomic mass is 10.0. The molecule has 0 radical (unpaired) electrons. The first kappa shape index (κ1) is 15.2. The molecule has 2 rings (SSSR count). The second-order valence-electron chi connectivity index (χ2n) is 5.97. The summed E-state index contributed by atoms with van der Waals surface area (Å²) >= 11 is 0. The van der Waals surface area contributed by atoms with Crippen LogP contribution in [0.4, 0.5) is 18.9 Å². The molecule has 1 saturated carbocycles. The van der Waals surface area contributed by atoms with Crippen LogP contribution >= 0.6 is 0 Å². The predicted molar refractivity (Wildman–Crippen MR) is 74.1 cm³/mol. The van der Waals surface area contributed by atoms with Crippen molar-refractivity contribution >= 4 is 5.69 Å². The van der Waals surface area contributed by atoms with Crippen LogP contribution in [0.2, 0.25) is 0 Å². The molecule has 2 nitrogen and oxygen atoms in total. The van der Waals surface area contributed by atoms with E-state index in [1.807, 2.05) is 0 Å². The fourth-order valence-corrected chi connectivity index (χ4v) is 2.47. The molecule has 20 heavy (non-hydrogen) atoms. The maximum Gasteiger partial charge on any atom is 0.416 e. The Morgan fingerprint density at radius 3 is 2.45 bits per heavy atom. The summed E-state index contributed by atoms with van der Waals surface area (Å²) in [6, 6.07) is 4.53. The number of anilines is 1. The van der Waals surface area contributed by atoms with Gasteiger partial charge in [-0.2, -0.15) is 13.2 Å². The highest BCUT2D eigenvalue weighted by molar-refractivity contribution is 5.46. The minimum Gasteiger partial charge on any atom is -0.399 e. The summed E-state index contributed by atoms with van der Waals surface area (Å²) in [7, 11) is 0. The third-order valence-corrected chi connectivity index (χ3v) is 3.48. The monoisotopic (exact) mass is 286 g/mol. The molecule has 0 heterocycles. The van der Waals surface area contributed by atoms with Gasteiger partial charge in [-0.3, -0.25) is 4.90 Å². The van der Waals surface area contributed by atoms with Crippen molar-refractivity contribution in [1.29, 1.82) is 0 Å². The zero-order valence-electron chi connectivity index (χ0n) is 11.9. The van der Waals surface area contributed by atoms with Gasteiger partial charge in [0, 0.05) is 24.8 Å². The smallest absolute Gasteiger partial charge is 0.399 e. The lowest BCUT2D eigenvalue weighted by Gasteiger charge is -2.25. The molecule has 0 saturated heterocycles. The fourth-order valence-electron chi connectivity index (χ4n) is 2.47. The Balaban J connectivity index is 2.23. The zero-order chi connectivity index (χ0) is 14.9. The van der Waals surface area contributed by atoms with E-state index in [1.165, 1.54) is 6.07 Å². The lowest BCUT2D eigenvalue weighted by Crippen LogP contribution is -2.30. The molecule has 0 aromatic heterocycles. The third kappa shape index (κ3) is 3.88. The Labute approximate surface area is 117 Å². The average molecular weight is 286 g/mol. The number of rotatable bonds is 5.